The Labute approximate surface area is 257 Å². The summed E-state index contributed by atoms with van der Waals surface area (Å²) in [4.78, 5) is 0. The van der Waals surface area contributed by atoms with E-state index in [1.807, 2.05) is 91.0 Å². The van der Waals surface area contributed by atoms with Gasteiger partial charge in [0.1, 0.15) is 18.3 Å². The molecule has 0 aliphatic carbocycles. The summed E-state index contributed by atoms with van der Waals surface area (Å²) in [7, 11) is 0. The molecule has 232 valence electrons. The summed E-state index contributed by atoms with van der Waals surface area (Å²) in [5, 5.41) is 0. The normalized spacial score (nSPS) is 13.3. The summed E-state index contributed by atoms with van der Waals surface area (Å²) in [6.45, 7) is 11.9. The molecule has 0 spiro atoms. The molecule has 0 aliphatic rings. The Morgan fingerprint density at radius 2 is 0.698 bits per heavy atom. The molecule has 0 amide bonds. The molecule has 43 heavy (non-hydrogen) atoms. The molecule has 2 atom stereocenters. The van der Waals surface area contributed by atoms with E-state index in [1.54, 1.807) is 12.2 Å². The van der Waals surface area contributed by atoms with Crippen LogP contribution >= 0.6 is 0 Å². The van der Waals surface area contributed by atoms with Crippen molar-refractivity contribution >= 4 is 0 Å². The van der Waals surface area contributed by atoms with E-state index >= 15 is 0 Å². The molecule has 7 heteroatoms. The van der Waals surface area contributed by atoms with E-state index in [0.717, 1.165) is 16.7 Å². The number of ether oxygens (including phenoxy) is 7. The van der Waals surface area contributed by atoms with Crippen LogP contribution in [0.3, 0.4) is 0 Å². The van der Waals surface area contributed by atoms with Gasteiger partial charge < -0.3 is 33.2 Å². The Kier molecular flexibility index (Phi) is 17.9. The molecule has 3 rings (SSSR count). The Hall–Kier alpha value is -3.14. The van der Waals surface area contributed by atoms with Crippen LogP contribution in [0.15, 0.2) is 116 Å². The van der Waals surface area contributed by atoms with Gasteiger partial charge in [-0.05, 0) is 16.7 Å². The first-order valence-electron chi connectivity index (χ1n) is 14.8. The van der Waals surface area contributed by atoms with Gasteiger partial charge in [-0.1, -0.05) is 103 Å². The molecule has 3 aromatic rings. The lowest BCUT2D eigenvalue weighted by atomic mass is 10.2. The molecule has 0 N–H and O–H groups in total. The molecule has 0 saturated heterocycles. The summed E-state index contributed by atoms with van der Waals surface area (Å²) < 4.78 is 42.0. The third-order valence-corrected chi connectivity index (χ3v) is 6.28. The quantitative estimate of drug-likeness (QED) is 0.0863. The van der Waals surface area contributed by atoms with Crippen molar-refractivity contribution in [3.8, 4) is 0 Å². The topological polar surface area (TPSA) is 64.6 Å². The highest BCUT2D eigenvalue weighted by atomic mass is 16.6. The van der Waals surface area contributed by atoms with Crippen LogP contribution in [0.25, 0.3) is 0 Å². The van der Waals surface area contributed by atoms with Crippen LogP contribution < -0.4 is 0 Å². The second-order valence-corrected chi connectivity index (χ2v) is 9.98. The molecule has 0 saturated carbocycles. The smallest absolute Gasteiger partial charge is 0.105 e. The zero-order chi connectivity index (χ0) is 30.2. The van der Waals surface area contributed by atoms with Crippen molar-refractivity contribution in [3.63, 3.8) is 0 Å². The van der Waals surface area contributed by atoms with Crippen LogP contribution in [-0.4, -0.2) is 71.2 Å². The number of rotatable bonds is 25. The molecular formula is C36H46O7. The van der Waals surface area contributed by atoms with Gasteiger partial charge in [0.2, 0.25) is 0 Å². The summed E-state index contributed by atoms with van der Waals surface area (Å²) in [6, 6.07) is 30.1. The van der Waals surface area contributed by atoms with Crippen LogP contribution in [0.5, 0.6) is 0 Å². The minimum atomic E-state index is -0.298. The summed E-state index contributed by atoms with van der Waals surface area (Å²) >= 11 is 0. The van der Waals surface area contributed by atoms with E-state index in [2.05, 4.69) is 13.2 Å². The Morgan fingerprint density at radius 3 is 0.977 bits per heavy atom. The third kappa shape index (κ3) is 15.8. The van der Waals surface area contributed by atoms with E-state index in [9.17, 15) is 0 Å². The zero-order valence-corrected chi connectivity index (χ0v) is 25.1. The average molecular weight is 591 g/mol. The molecule has 2 unspecified atom stereocenters. The van der Waals surface area contributed by atoms with Gasteiger partial charge in [0.15, 0.2) is 0 Å². The molecule has 0 radical (unpaired) electrons. The molecule has 3 aromatic carbocycles. The first-order valence-corrected chi connectivity index (χ1v) is 14.8. The van der Waals surface area contributed by atoms with Gasteiger partial charge in [0.25, 0.3) is 0 Å². The van der Waals surface area contributed by atoms with Crippen molar-refractivity contribution in [2.45, 2.75) is 38.1 Å². The Morgan fingerprint density at radius 1 is 0.419 bits per heavy atom. The lowest BCUT2D eigenvalue weighted by Crippen LogP contribution is -2.33. The number of benzene rings is 3. The minimum absolute atomic E-state index is 0.242. The molecule has 0 heterocycles. The Balaban J connectivity index is 1.52. The predicted molar refractivity (Wildman–Crippen MR) is 169 cm³/mol. The maximum Gasteiger partial charge on any atom is 0.105 e. The third-order valence-electron chi connectivity index (χ3n) is 6.28. The van der Waals surface area contributed by atoms with Crippen LogP contribution in [0.4, 0.5) is 0 Å². The van der Waals surface area contributed by atoms with E-state index in [4.69, 9.17) is 33.2 Å². The van der Waals surface area contributed by atoms with Crippen LogP contribution in [0.2, 0.25) is 0 Å². The molecule has 0 bridgehead atoms. The van der Waals surface area contributed by atoms with Crippen molar-refractivity contribution in [3.05, 3.63) is 133 Å². The standard InChI is InChI=1S/C36H46O7/c1-3-20-37-25-34(41-22-31-14-8-5-9-15-31)27-39-29-36(43-24-33-18-12-7-13-19-33)30-40-28-35(26-38-21-4-2)42-23-32-16-10-6-11-17-32/h3-19,34-36H,1-2,20-30H2. The molecule has 7 nitrogen and oxygen atoms in total. The van der Waals surface area contributed by atoms with Crippen molar-refractivity contribution in [2.24, 2.45) is 0 Å². The van der Waals surface area contributed by atoms with Gasteiger partial charge in [-0.15, -0.1) is 13.2 Å². The molecule has 0 aliphatic heterocycles. The monoisotopic (exact) mass is 590 g/mol. The predicted octanol–water partition coefficient (Wildman–Crippen LogP) is 6.18. The highest BCUT2D eigenvalue weighted by molar-refractivity contribution is 5.14. The van der Waals surface area contributed by atoms with Gasteiger partial charge in [-0.3, -0.25) is 0 Å². The van der Waals surface area contributed by atoms with Gasteiger partial charge >= 0.3 is 0 Å². The first-order chi connectivity index (χ1) is 21.3. The average Bonchev–Trinajstić information content (AvgIpc) is 3.05. The lowest BCUT2D eigenvalue weighted by molar-refractivity contribution is -0.114. The van der Waals surface area contributed by atoms with Crippen molar-refractivity contribution in [1.29, 1.82) is 0 Å². The highest BCUT2D eigenvalue weighted by Gasteiger charge is 2.17. The summed E-state index contributed by atoms with van der Waals surface area (Å²) in [5.74, 6) is 0. The van der Waals surface area contributed by atoms with E-state index in [0.29, 0.717) is 72.7 Å². The number of hydrogen-bond acceptors (Lipinski definition) is 7. The van der Waals surface area contributed by atoms with Crippen LogP contribution in [-0.2, 0) is 53.0 Å². The second-order valence-electron chi connectivity index (χ2n) is 9.98. The highest BCUT2D eigenvalue weighted by Crippen LogP contribution is 2.10. The van der Waals surface area contributed by atoms with Crippen molar-refractivity contribution in [1.82, 2.24) is 0 Å². The van der Waals surface area contributed by atoms with E-state index < -0.39 is 0 Å². The molecule has 0 aromatic heterocycles. The van der Waals surface area contributed by atoms with Crippen LogP contribution in [0.1, 0.15) is 16.7 Å². The fourth-order valence-electron chi connectivity index (χ4n) is 4.03. The minimum Gasteiger partial charge on any atom is -0.376 e. The van der Waals surface area contributed by atoms with E-state index in [1.165, 1.54) is 0 Å². The largest absolute Gasteiger partial charge is 0.376 e. The maximum absolute atomic E-state index is 6.23. The van der Waals surface area contributed by atoms with Gasteiger partial charge in [-0.2, -0.15) is 0 Å². The Bertz CT molecular complexity index is 1030. The maximum atomic E-state index is 6.23. The molecular weight excluding hydrogens is 544 g/mol. The van der Waals surface area contributed by atoms with Gasteiger partial charge in [0.05, 0.1) is 72.7 Å². The SMILES string of the molecule is C=CCOCC(COCC(COCC(COCC=C)OCc1ccccc1)OCc1ccccc1)OCc1ccccc1. The fourth-order valence-corrected chi connectivity index (χ4v) is 4.03. The zero-order valence-electron chi connectivity index (χ0n) is 25.1. The molecule has 0 fully saturated rings. The lowest BCUT2D eigenvalue weighted by Gasteiger charge is -2.23. The van der Waals surface area contributed by atoms with Crippen molar-refractivity contribution < 1.29 is 33.2 Å². The summed E-state index contributed by atoms with van der Waals surface area (Å²) in [5.41, 5.74) is 3.26. The number of hydrogen-bond donors (Lipinski definition) is 0. The fraction of sp³-hybridized carbons (Fsp3) is 0.389. The first kappa shape index (κ1) is 34.4. The van der Waals surface area contributed by atoms with E-state index in [-0.39, 0.29) is 18.3 Å². The van der Waals surface area contributed by atoms with Crippen molar-refractivity contribution in [2.75, 3.05) is 52.9 Å². The van der Waals surface area contributed by atoms with Gasteiger partial charge in [-0.25, -0.2) is 0 Å². The summed E-state index contributed by atoms with van der Waals surface area (Å²) in [6.07, 6.45) is 2.66. The second kappa shape index (κ2) is 22.4. The van der Waals surface area contributed by atoms with Crippen LogP contribution in [0, 0.1) is 0 Å². The van der Waals surface area contributed by atoms with Gasteiger partial charge in [0, 0.05) is 0 Å².